The van der Waals surface area contributed by atoms with Crippen LogP contribution < -0.4 is 5.73 Å². The summed E-state index contributed by atoms with van der Waals surface area (Å²) in [5.41, 5.74) is 8.81. The van der Waals surface area contributed by atoms with E-state index in [2.05, 4.69) is 9.97 Å². The standard InChI is InChI=1S/C13H12N4/c14-12-4-3-10(8-17-7-6-15-9-17)13-11(12)2-1-5-16-13/h1-7,9H,8,14H2. The molecule has 0 spiro atoms. The first kappa shape index (κ1) is 9.84. The number of nitrogen functional groups attached to an aromatic ring is 1. The van der Waals surface area contributed by atoms with Crippen molar-refractivity contribution in [2.24, 2.45) is 0 Å². The summed E-state index contributed by atoms with van der Waals surface area (Å²) in [5, 5.41) is 1.00. The van der Waals surface area contributed by atoms with E-state index in [0.29, 0.717) is 0 Å². The Balaban J connectivity index is 2.14. The van der Waals surface area contributed by atoms with E-state index in [-0.39, 0.29) is 0 Å². The number of hydrogen-bond donors (Lipinski definition) is 1. The van der Waals surface area contributed by atoms with Crippen molar-refractivity contribution in [1.29, 1.82) is 0 Å². The summed E-state index contributed by atoms with van der Waals surface area (Å²) in [7, 11) is 0. The van der Waals surface area contributed by atoms with Crippen LogP contribution in [0.25, 0.3) is 10.9 Å². The summed E-state index contributed by atoms with van der Waals surface area (Å²) in [5.74, 6) is 0. The van der Waals surface area contributed by atoms with Gasteiger partial charge in [0.2, 0.25) is 0 Å². The van der Waals surface area contributed by atoms with Crippen LogP contribution in [0.4, 0.5) is 5.69 Å². The Morgan fingerprint density at radius 2 is 2.12 bits per heavy atom. The zero-order chi connectivity index (χ0) is 11.7. The maximum Gasteiger partial charge on any atom is 0.0949 e. The molecule has 0 bridgehead atoms. The van der Waals surface area contributed by atoms with Gasteiger partial charge in [-0.25, -0.2) is 4.98 Å². The van der Waals surface area contributed by atoms with Crippen LogP contribution in [0.1, 0.15) is 5.56 Å². The predicted octanol–water partition coefficient (Wildman–Crippen LogP) is 2.06. The normalized spacial score (nSPS) is 10.8. The van der Waals surface area contributed by atoms with Gasteiger partial charge in [0.15, 0.2) is 0 Å². The first-order valence-corrected chi connectivity index (χ1v) is 5.42. The van der Waals surface area contributed by atoms with E-state index >= 15 is 0 Å². The molecular formula is C13H12N4. The van der Waals surface area contributed by atoms with Crippen molar-refractivity contribution in [3.63, 3.8) is 0 Å². The molecule has 4 heteroatoms. The van der Waals surface area contributed by atoms with Crippen LogP contribution in [0.3, 0.4) is 0 Å². The summed E-state index contributed by atoms with van der Waals surface area (Å²) >= 11 is 0. The van der Waals surface area contributed by atoms with Crippen molar-refractivity contribution in [3.8, 4) is 0 Å². The third-order valence-electron chi connectivity index (χ3n) is 2.80. The lowest BCUT2D eigenvalue weighted by Crippen LogP contribution is -1.99. The largest absolute Gasteiger partial charge is 0.398 e. The molecule has 0 amide bonds. The third kappa shape index (κ3) is 1.73. The third-order valence-corrected chi connectivity index (χ3v) is 2.80. The fourth-order valence-corrected chi connectivity index (χ4v) is 1.96. The van der Waals surface area contributed by atoms with E-state index in [1.165, 1.54) is 0 Å². The molecule has 1 aromatic carbocycles. The van der Waals surface area contributed by atoms with Gasteiger partial charge in [0.1, 0.15) is 0 Å². The number of fused-ring (bicyclic) bond motifs is 1. The van der Waals surface area contributed by atoms with E-state index in [9.17, 15) is 0 Å². The van der Waals surface area contributed by atoms with Crippen molar-refractivity contribution >= 4 is 16.6 Å². The number of imidazole rings is 1. The van der Waals surface area contributed by atoms with Crippen molar-refractivity contribution in [2.45, 2.75) is 6.54 Å². The van der Waals surface area contributed by atoms with Crippen LogP contribution in [0.5, 0.6) is 0 Å². The fourth-order valence-electron chi connectivity index (χ4n) is 1.96. The second kappa shape index (κ2) is 3.90. The van der Waals surface area contributed by atoms with Crippen molar-refractivity contribution in [3.05, 3.63) is 54.7 Å². The molecule has 17 heavy (non-hydrogen) atoms. The Labute approximate surface area is 98.7 Å². The molecule has 3 rings (SSSR count). The van der Waals surface area contributed by atoms with E-state index in [1.807, 2.05) is 35.0 Å². The zero-order valence-corrected chi connectivity index (χ0v) is 9.24. The molecule has 0 fully saturated rings. The maximum absolute atomic E-state index is 5.94. The highest BCUT2D eigenvalue weighted by atomic mass is 15.0. The van der Waals surface area contributed by atoms with Crippen molar-refractivity contribution in [1.82, 2.24) is 14.5 Å². The lowest BCUT2D eigenvalue weighted by atomic mass is 10.1. The molecule has 4 nitrogen and oxygen atoms in total. The van der Waals surface area contributed by atoms with Crippen LogP contribution in [0.15, 0.2) is 49.2 Å². The molecule has 3 aromatic rings. The van der Waals surface area contributed by atoms with Crippen LogP contribution in [0, 0.1) is 0 Å². The van der Waals surface area contributed by atoms with Gasteiger partial charge in [-0.3, -0.25) is 4.98 Å². The summed E-state index contributed by atoms with van der Waals surface area (Å²) in [6.45, 7) is 0.758. The second-order valence-corrected chi connectivity index (χ2v) is 3.95. The Morgan fingerprint density at radius 1 is 1.18 bits per heavy atom. The lowest BCUT2D eigenvalue weighted by molar-refractivity contribution is 0.801. The Morgan fingerprint density at radius 3 is 2.94 bits per heavy atom. The van der Waals surface area contributed by atoms with E-state index < -0.39 is 0 Å². The van der Waals surface area contributed by atoms with Gasteiger partial charge in [-0.15, -0.1) is 0 Å². The summed E-state index contributed by atoms with van der Waals surface area (Å²) in [4.78, 5) is 8.44. The summed E-state index contributed by atoms with van der Waals surface area (Å²) in [6.07, 6.45) is 7.29. The highest BCUT2D eigenvalue weighted by molar-refractivity contribution is 5.92. The summed E-state index contributed by atoms with van der Waals surface area (Å²) in [6, 6.07) is 7.84. The molecule has 2 heterocycles. The van der Waals surface area contributed by atoms with Gasteiger partial charge in [0.25, 0.3) is 0 Å². The van der Waals surface area contributed by atoms with E-state index in [1.54, 1.807) is 18.7 Å². The number of anilines is 1. The topological polar surface area (TPSA) is 56.7 Å². The average molecular weight is 224 g/mol. The van der Waals surface area contributed by atoms with Gasteiger partial charge in [-0.1, -0.05) is 6.07 Å². The molecule has 0 aliphatic carbocycles. The Bertz CT molecular complexity index is 644. The number of pyridine rings is 1. The minimum atomic E-state index is 0.758. The highest BCUT2D eigenvalue weighted by Gasteiger charge is 2.05. The molecule has 0 saturated carbocycles. The second-order valence-electron chi connectivity index (χ2n) is 3.95. The van der Waals surface area contributed by atoms with Crippen LogP contribution in [-0.2, 0) is 6.54 Å². The van der Waals surface area contributed by atoms with Gasteiger partial charge in [0.05, 0.1) is 18.4 Å². The molecule has 0 aliphatic rings. The summed E-state index contributed by atoms with van der Waals surface area (Å²) < 4.78 is 2.01. The quantitative estimate of drug-likeness (QED) is 0.678. The van der Waals surface area contributed by atoms with Crippen LogP contribution in [0.2, 0.25) is 0 Å². The molecule has 0 unspecified atom stereocenters. The molecule has 0 radical (unpaired) electrons. The van der Waals surface area contributed by atoms with Gasteiger partial charge in [-0.2, -0.15) is 0 Å². The van der Waals surface area contributed by atoms with E-state index in [0.717, 1.165) is 28.7 Å². The minimum Gasteiger partial charge on any atom is -0.398 e. The number of nitrogens with two attached hydrogens (primary N) is 1. The minimum absolute atomic E-state index is 0.758. The number of hydrogen-bond acceptors (Lipinski definition) is 3. The average Bonchev–Trinajstić information content (AvgIpc) is 2.86. The molecule has 0 aliphatic heterocycles. The van der Waals surface area contributed by atoms with Crippen molar-refractivity contribution < 1.29 is 0 Å². The molecular weight excluding hydrogens is 212 g/mol. The smallest absolute Gasteiger partial charge is 0.0949 e. The Kier molecular flexibility index (Phi) is 2.26. The van der Waals surface area contributed by atoms with E-state index in [4.69, 9.17) is 5.73 Å². The number of rotatable bonds is 2. The maximum atomic E-state index is 5.94. The van der Waals surface area contributed by atoms with Crippen LogP contribution in [-0.4, -0.2) is 14.5 Å². The molecule has 0 saturated heterocycles. The Hall–Kier alpha value is -2.36. The molecule has 2 aromatic heterocycles. The first-order valence-electron chi connectivity index (χ1n) is 5.42. The molecule has 2 N–H and O–H groups in total. The molecule has 0 atom stereocenters. The number of aromatic nitrogens is 3. The fraction of sp³-hybridized carbons (Fsp3) is 0.0769. The van der Waals surface area contributed by atoms with Crippen LogP contribution >= 0.6 is 0 Å². The van der Waals surface area contributed by atoms with Gasteiger partial charge < -0.3 is 10.3 Å². The SMILES string of the molecule is Nc1ccc(Cn2ccnc2)c2ncccc12. The number of nitrogens with zero attached hydrogens (tertiary/aromatic N) is 3. The predicted molar refractivity (Wildman–Crippen MR) is 67.5 cm³/mol. The number of benzene rings is 1. The zero-order valence-electron chi connectivity index (χ0n) is 9.24. The monoisotopic (exact) mass is 224 g/mol. The lowest BCUT2D eigenvalue weighted by Gasteiger charge is -2.08. The van der Waals surface area contributed by atoms with Gasteiger partial charge in [-0.05, 0) is 23.8 Å². The first-order chi connectivity index (χ1) is 8.34. The highest BCUT2D eigenvalue weighted by Crippen LogP contribution is 2.22. The molecule has 84 valence electrons. The van der Waals surface area contributed by atoms with Gasteiger partial charge >= 0.3 is 0 Å². The van der Waals surface area contributed by atoms with Crippen molar-refractivity contribution in [2.75, 3.05) is 5.73 Å². The van der Waals surface area contributed by atoms with Gasteiger partial charge in [0, 0.05) is 29.7 Å².